The summed E-state index contributed by atoms with van der Waals surface area (Å²) in [5.74, 6) is 0.879. The Hall–Kier alpha value is -0.130. The van der Waals surface area contributed by atoms with Crippen LogP contribution in [-0.2, 0) is 10.0 Å². The van der Waals surface area contributed by atoms with Gasteiger partial charge >= 0.3 is 0 Å². The van der Waals surface area contributed by atoms with E-state index in [4.69, 9.17) is 0 Å². The van der Waals surface area contributed by atoms with E-state index < -0.39 is 10.0 Å². The van der Waals surface area contributed by atoms with Crippen LogP contribution < -0.4 is 10.0 Å². The summed E-state index contributed by atoms with van der Waals surface area (Å²) in [5.41, 5.74) is 0.278. The van der Waals surface area contributed by atoms with Gasteiger partial charge in [-0.1, -0.05) is 20.3 Å². The summed E-state index contributed by atoms with van der Waals surface area (Å²) < 4.78 is 27.4. The molecule has 1 aliphatic carbocycles. The fourth-order valence-electron chi connectivity index (χ4n) is 3.60. The molecule has 5 heteroatoms. The topological polar surface area (TPSA) is 58.2 Å². The minimum Gasteiger partial charge on any atom is -0.317 e. The molecule has 1 unspecified atom stereocenters. The monoisotopic (exact) mass is 302 g/mol. The first-order chi connectivity index (χ1) is 9.36. The molecule has 1 aliphatic heterocycles. The maximum absolute atomic E-state index is 12.2. The number of nitrogens with one attached hydrogen (secondary N) is 2. The molecule has 2 N–H and O–H groups in total. The Morgan fingerprint density at radius 3 is 2.55 bits per heavy atom. The lowest BCUT2D eigenvalue weighted by Crippen LogP contribution is -2.42. The minimum atomic E-state index is -3.10. The maximum atomic E-state index is 12.2. The predicted octanol–water partition coefficient (Wildman–Crippen LogP) is 2.26. The molecular formula is C15H30N2O2S. The first-order valence-corrected chi connectivity index (χ1v) is 9.72. The molecule has 1 atom stereocenters. The van der Waals surface area contributed by atoms with Crippen LogP contribution in [0.3, 0.4) is 0 Å². The van der Waals surface area contributed by atoms with Gasteiger partial charge in [0.15, 0.2) is 0 Å². The highest BCUT2D eigenvalue weighted by molar-refractivity contribution is 7.89. The molecule has 1 saturated heterocycles. The van der Waals surface area contributed by atoms with E-state index >= 15 is 0 Å². The van der Waals surface area contributed by atoms with Crippen molar-refractivity contribution in [3.05, 3.63) is 0 Å². The molecule has 1 heterocycles. The van der Waals surface area contributed by atoms with Crippen molar-refractivity contribution in [1.29, 1.82) is 0 Å². The van der Waals surface area contributed by atoms with Gasteiger partial charge in [-0.05, 0) is 62.9 Å². The van der Waals surface area contributed by atoms with Gasteiger partial charge in [0.25, 0.3) is 0 Å². The Kier molecular flexibility index (Phi) is 5.49. The summed E-state index contributed by atoms with van der Waals surface area (Å²) in [6.45, 7) is 6.55. The number of hydrogen-bond donors (Lipinski definition) is 2. The van der Waals surface area contributed by atoms with Crippen LogP contribution in [0.2, 0.25) is 0 Å². The van der Waals surface area contributed by atoms with Crippen LogP contribution in [0, 0.1) is 11.3 Å². The molecule has 0 spiro atoms. The number of hydrogen-bond acceptors (Lipinski definition) is 3. The first-order valence-electron chi connectivity index (χ1n) is 8.07. The van der Waals surface area contributed by atoms with Crippen LogP contribution >= 0.6 is 0 Å². The lowest BCUT2D eigenvalue weighted by atomic mass is 9.75. The Morgan fingerprint density at radius 1 is 1.20 bits per heavy atom. The van der Waals surface area contributed by atoms with Crippen LogP contribution in [0.4, 0.5) is 0 Å². The van der Waals surface area contributed by atoms with Crippen molar-refractivity contribution in [2.75, 3.05) is 18.8 Å². The summed E-state index contributed by atoms with van der Waals surface area (Å²) in [6.07, 6.45) is 7.36. The number of rotatable bonds is 5. The highest BCUT2D eigenvalue weighted by Gasteiger charge is 2.30. The lowest BCUT2D eigenvalue weighted by molar-refractivity contribution is 0.212. The van der Waals surface area contributed by atoms with Crippen LogP contribution in [-0.4, -0.2) is 33.3 Å². The smallest absolute Gasteiger partial charge is 0.211 e. The molecule has 20 heavy (non-hydrogen) atoms. The van der Waals surface area contributed by atoms with E-state index in [0.29, 0.717) is 11.7 Å². The van der Waals surface area contributed by atoms with Crippen molar-refractivity contribution >= 4 is 10.0 Å². The van der Waals surface area contributed by atoms with Crippen molar-refractivity contribution in [2.24, 2.45) is 11.3 Å². The highest BCUT2D eigenvalue weighted by atomic mass is 32.2. The standard InChI is InChI=1S/C15H30N2O2S/c1-15(2)8-3-4-14(12-15)17-20(18,19)11-7-13-5-9-16-10-6-13/h13-14,16-17H,3-12H2,1-2H3. The first kappa shape index (κ1) is 16.2. The highest BCUT2D eigenvalue weighted by Crippen LogP contribution is 2.35. The third kappa shape index (κ3) is 5.34. The zero-order valence-electron chi connectivity index (χ0n) is 13.0. The van der Waals surface area contributed by atoms with Gasteiger partial charge in [0, 0.05) is 6.04 Å². The maximum Gasteiger partial charge on any atom is 0.211 e. The fourth-order valence-corrected chi connectivity index (χ4v) is 5.07. The zero-order chi connectivity index (χ0) is 14.6. The molecule has 4 nitrogen and oxygen atoms in total. The van der Waals surface area contributed by atoms with Crippen molar-refractivity contribution in [1.82, 2.24) is 10.0 Å². The molecule has 2 aliphatic rings. The van der Waals surface area contributed by atoms with Gasteiger partial charge in [0.05, 0.1) is 5.75 Å². The quantitative estimate of drug-likeness (QED) is 0.819. The fraction of sp³-hybridized carbons (Fsp3) is 1.00. The van der Waals surface area contributed by atoms with Gasteiger partial charge in [-0.3, -0.25) is 0 Å². The predicted molar refractivity (Wildman–Crippen MR) is 83.2 cm³/mol. The van der Waals surface area contributed by atoms with E-state index in [1.165, 1.54) is 6.42 Å². The largest absolute Gasteiger partial charge is 0.317 e. The van der Waals surface area contributed by atoms with E-state index in [0.717, 1.165) is 51.6 Å². The Balaban J connectivity index is 1.78. The van der Waals surface area contributed by atoms with Crippen molar-refractivity contribution in [3.8, 4) is 0 Å². The van der Waals surface area contributed by atoms with E-state index in [2.05, 4.69) is 23.9 Å². The Labute approximate surface area is 124 Å². The molecule has 0 bridgehead atoms. The summed E-state index contributed by atoms with van der Waals surface area (Å²) in [7, 11) is -3.10. The molecular weight excluding hydrogens is 272 g/mol. The second kappa shape index (κ2) is 6.75. The molecule has 2 rings (SSSR count). The summed E-state index contributed by atoms with van der Waals surface area (Å²) in [4.78, 5) is 0. The second-order valence-electron chi connectivity index (χ2n) is 7.38. The average Bonchev–Trinajstić information content (AvgIpc) is 2.36. The van der Waals surface area contributed by atoms with Gasteiger partial charge in [0.1, 0.15) is 0 Å². The second-order valence-corrected chi connectivity index (χ2v) is 9.25. The summed E-state index contributed by atoms with van der Waals surface area (Å²) >= 11 is 0. The molecule has 1 saturated carbocycles. The molecule has 0 radical (unpaired) electrons. The Bertz CT molecular complexity index is 400. The zero-order valence-corrected chi connectivity index (χ0v) is 13.8. The van der Waals surface area contributed by atoms with Gasteiger partial charge in [-0.15, -0.1) is 0 Å². The van der Waals surface area contributed by atoms with Crippen molar-refractivity contribution in [3.63, 3.8) is 0 Å². The molecule has 2 fully saturated rings. The van der Waals surface area contributed by atoms with Crippen LogP contribution in [0.5, 0.6) is 0 Å². The normalized spacial score (nSPS) is 28.4. The van der Waals surface area contributed by atoms with Crippen LogP contribution in [0.25, 0.3) is 0 Å². The number of piperidine rings is 1. The van der Waals surface area contributed by atoms with E-state index in [1.54, 1.807) is 0 Å². The SMILES string of the molecule is CC1(C)CCCC(NS(=O)(=O)CCC2CCNCC2)C1. The third-order valence-electron chi connectivity index (χ3n) is 4.80. The average molecular weight is 302 g/mol. The summed E-state index contributed by atoms with van der Waals surface area (Å²) in [6, 6.07) is 0.150. The lowest BCUT2D eigenvalue weighted by Gasteiger charge is -2.35. The molecule has 0 aromatic carbocycles. The molecule has 118 valence electrons. The van der Waals surface area contributed by atoms with Gasteiger partial charge < -0.3 is 5.32 Å². The molecule has 0 aromatic heterocycles. The van der Waals surface area contributed by atoms with E-state index in [-0.39, 0.29) is 11.5 Å². The molecule has 0 amide bonds. The minimum absolute atomic E-state index is 0.150. The third-order valence-corrected chi connectivity index (χ3v) is 6.27. The van der Waals surface area contributed by atoms with Gasteiger partial charge in [-0.2, -0.15) is 0 Å². The van der Waals surface area contributed by atoms with Gasteiger partial charge in [0.2, 0.25) is 10.0 Å². The van der Waals surface area contributed by atoms with Crippen LogP contribution in [0.1, 0.15) is 58.8 Å². The van der Waals surface area contributed by atoms with Crippen LogP contribution in [0.15, 0.2) is 0 Å². The summed E-state index contributed by atoms with van der Waals surface area (Å²) in [5, 5.41) is 3.32. The number of sulfonamides is 1. The van der Waals surface area contributed by atoms with Crippen molar-refractivity contribution in [2.45, 2.75) is 64.8 Å². The van der Waals surface area contributed by atoms with Gasteiger partial charge in [-0.25, -0.2) is 13.1 Å². The van der Waals surface area contributed by atoms with E-state index in [9.17, 15) is 8.42 Å². The Morgan fingerprint density at radius 2 is 1.90 bits per heavy atom. The molecule has 0 aromatic rings. The van der Waals surface area contributed by atoms with E-state index in [1.807, 2.05) is 0 Å². The van der Waals surface area contributed by atoms with Crippen molar-refractivity contribution < 1.29 is 8.42 Å².